The summed E-state index contributed by atoms with van der Waals surface area (Å²) in [4.78, 5) is 24.1. The third-order valence-electron chi connectivity index (χ3n) is 2.43. The highest BCUT2D eigenvalue weighted by Gasteiger charge is 2.17. The van der Waals surface area contributed by atoms with Crippen molar-refractivity contribution in [1.82, 2.24) is 9.78 Å². The van der Waals surface area contributed by atoms with Crippen LogP contribution in [0.15, 0.2) is 18.3 Å². The van der Waals surface area contributed by atoms with E-state index in [1.165, 1.54) is 35.4 Å². The number of amides is 1. The number of nitrogens with zero attached hydrogens (tertiary/aromatic N) is 2. The molecular formula is C12H13N3O4S. The number of nitrogens with one attached hydrogen (secondary N) is 1. The lowest BCUT2D eigenvalue weighted by Crippen LogP contribution is -2.13. The number of methoxy groups -OCH3 is 1. The van der Waals surface area contributed by atoms with Crippen molar-refractivity contribution in [2.45, 2.75) is 13.5 Å². The summed E-state index contributed by atoms with van der Waals surface area (Å²) in [5, 5.41) is 15.2. The fourth-order valence-electron chi connectivity index (χ4n) is 1.63. The maximum atomic E-state index is 12.1. The largest absolute Gasteiger partial charge is 0.495 e. The molecule has 0 saturated heterocycles. The van der Waals surface area contributed by atoms with Crippen LogP contribution in [0.5, 0.6) is 5.75 Å². The Morgan fingerprint density at radius 2 is 2.30 bits per heavy atom. The van der Waals surface area contributed by atoms with Crippen LogP contribution in [0.4, 0.5) is 5.82 Å². The van der Waals surface area contributed by atoms with Crippen molar-refractivity contribution < 1.29 is 19.4 Å². The summed E-state index contributed by atoms with van der Waals surface area (Å²) < 4.78 is 6.36. The van der Waals surface area contributed by atoms with Crippen molar-refractivity contribution in [2.75, 3.05) is 12.4 Å². The number of carboxylic acids is 1. The summed E-state index contributed by atoms with van der Waals surface area (Å²) >= 11 is 1.32. The van der Waals surface area contributed by atoms with Gasteiger partial charge in [-0.3, -0.25) is 14.3 Å². The zero-order chi connectivity index (χ0) is 14.7. The van der Waals surface area contributed by atoms with Crippen molar-refractivity contribution in [3.63, 3.8) is 0 Å². The van der Waals surface area contributed by atoms with E-state index >= 15 is 0 Å². The lowest BCUT2D eigenvalue weighted by atomic mass is 10.4. The molecule has 2 heterocycles. The van der Waals surface area contributed by atoms with Crippen molar-refractivity contribution in [3.8, 4) is 5.75 Å². The highest BCUT2D eigenvalue weighted by Crippen LogP contribution is 2.29. The van der Waals surface area contributed by atoms with Gasteiger partial charge in [-0.1, -0.05) is 0 Å². The minimum absolute atomic E-state index is 0.253. The van der Waals surface area contributed by atoms with Gasteiger partial charge in [0.2, 0.25) is 0 Å². The number of rotatable bonds is 5. The average molecular weight is 295 g/mol. The molecule has 2 N–H and O–H groups in total. The number of thiophene rings is 1. The standard InChI is InChI=1S/C12H13N3O4S/c1-7-5-8(19-2)11(20-7)12(18)13-9-3-4-15(14-9)6-10(16)17/h3-5H,6H2,1-2H3,(H,16,17)(H,13,14,18). The Bertz CT molecular complexity index is 647. The molecule has 0 aliphatic rings. The molecule has 20 heavy (non-hydrogen) atoms. The van der Waals surface area contributed by atoms with E-state index in [0.29, 0.717) is 16.4 Å². The van der Waals surface area contributed by atoms with Crippen LogP contribution >= 0.6 is 11.3 Å². The van der Waals surface area contributed by atoms with Gasteiger partial charge in [0.15, 0.2) is 5.82 Å². The van der Waals surface area contributed by atoms with Gasteiger partial charge in [-0.2, -0.15) is 5.10 Å². The first-order valence-electron chi connectivity index (χ1n) is 5.70. The predicted molar refractivity (Wildman–Crippen MR) is 73.4 cm³/mol. The molecule has 0 bridgehead atoms. The van der Waals surface area contributed by atoms with Crippen LogP contribution in [0.3, 0.4) is 0 Å². The number of ether oxygens (including phenoxy) is 1. The van der Waals surface area contributed by atoms with Crippen LogP contribution in [-0.4, -0.2) is 33.9 Å². The summed E-state index contributed by atoms with van der Waals surface area (Å²) in [7, 11) is 1.50. The Morgan fingerprint density at radius 1 is 1.55 bits per heavy atom. The van der Waals surface area contributed by atoms with E-state index in [-0.39, 0.29) is 12.5 Å². The highest BCUT2D eigenvalue weighted by atomic mass is 32.1. The first-order chi connectivity index (χ1) is 9.49. The second-order valence-electron chi connectivity index (χ2n) is 4.00. The van der Waals surface area contributed by atoms with Crippen molar-refractivity contribution in [2.24, 2.45) is 0 Å². The van der Waals surface area contributed by atoms with Gasteiger partial charge in [-0.05, 0) is 13.0 Å². The summed E-state index contributed by atoms with van der Waals surface area (Å²) in [6.45, 7) is 1.63. The van der Waals surface area contributed by atoms with Crippen LogP contribution in [0.2, 0.25) is 0 Å². The molecule has 0 aromatic carbocycles. The van der Waals surface area contributed by atoms with Crippen LogP contribution in [0.25, 0.3) is 0 Å². The van der Waals surface area contributed by atoms with Gasteiger partial charge in [-0.25, -0.2) is 0 Å². The minimum atomic E-state index is -0.999. The quantitative estimate of drug-likeness (QED) is 0.874. The normalized spacial score (nSPS) is 10.3. The van der Waals surface area contributed by atoms with E-state index < -0.39 is 5.97 Å². The van der Waals surface area contributed by atoms with Gasteiger partial charge in [0.25, 0.3) is 5.91 Å². The van der Waals surface area contributed by atoms with Crippen molar-refractivity contribution >= 4 is 29.0 Å². The molecule has 2 aromatic heterocycles. The molecule has 0 unspecified atom stereocenters. The Labute approximate surface area is 118 Å². The van der Waals surface area contributed by atoms with E-state index in [2.05, 4.69) is 10.4 Å². The van der Waals surface area contributed by atoms with Gasteiger partial charge in [0, 0.05) is 17.1 Å². The molecule has 0 spiro atoms. The fraction of sp³-hybridized carbons (Fsp3) is 0.250. The molecule has 106 valence electrons. The second-order valence-corrected chi connectivity index (χ2v) is 5.26. The molecule has 2 aromatic rings. The number of carbonyl (C=O) groups is 2. The van der Waals surface area contributed by atoms with E-state index in [9.17, 15) is 9.59 Å². The number of hydrogen-bond acceptors (Lipinski definition) is 5. The third kappa shape index (κ3) is 3.15. The van der Waals surface area contributed by atoms with Crippen LogP contribution in [-0.2, 0) is 11.3 Å². The van der Waals surface area contributed by atoms with Crippen LogP contribution in [0, 0.1) is 6.92 Å². The maximum Gasteiger partial charge on any atom is 0.325 e. The number of carbonyl (C=O) groups excluding carboxylic acids is 1. The molecular weight excluding hydrogens is 282 g/mol. The minimum Gasteiger partial charge on any atom is -0.495 e. The Morgan fingerprint density at radius 3 is 2.95 bits per heavy atom. The Balaban J connectivity index is 2.11. The van der Waals surface area contributed by atoms with Crippen molar-refractivity contribution in [3.05, 3.63) is 28.1 Å². The Hall–Kier alpha value is -2.35. The first kappa shape index (κ1) is 14.1. The van der Waals surface area contributed by atoms with E-state index in [1.807, 2.05) is 6.92 Å². The van der Waals surface area contributed by atoms with Crippen LogP contribution in [0.1, 0.15) is 14.5 Å². The lowest BCUT2D eigenvalue weighted by molar-refractivity contribution is -0.137. The molecule has 0 aliphatic heterocycles. The number of hydrogen-bond donors (Lipinski definition) is 2. The van der Waals surface area contributed by atoms with Crippen molar-refractivity contribution in [1.29, 1.82) is 0 Å². The van der Waals surface area contributed by atoms with E-state index in [4.69, 9.17) is 9.84 Å². The monoisotopic (exact) mass is 295 g/mol. The number of aromatic nitrogens is 2. The fourth-order valence-corrected chi connectivity index (χ4v) is 2.50. The number of anilines is 1. The Kier molecular flexibility index (Phi) is 4.04. The summed E-state index contributed by atoms with van der Waals surface area (Å²) in [5.74, 6) is -0.527. The molecule has 7 nitrogen and oxygen atoms in total. The number of aliphatic carboxylic acids is 1. The SMILES string of the molecule is COc1cc(C)sc1C(=O)Nc1ccn(CC(=O)O)n1. The topological polar surface area (TPSA) is 93.5 Å². The predicted octanol–water partition coefficient (Wildman–Crippen LogP) is 1.60. The van der Waals surface area contributed by atoms with Crippen LogP contribution < -0.4 is 10.1 Å². The molecule has 0 atom stereocenters. The van der Waals surface area contributed by atoms with E-state index in [1.54, 1.807) is 6.07 Å². The van der Waals surface area contributed by atoms with Gasteiger partial charge < -0.3 is 15.2 Å². The second kappa shape index (κ2) is 5.74. The molecule has 0 radical (unpaired) electrons. The smallest absolute Gasteiger partial charge is 0.325 e. The lowest BCUT2D eigenvalue weighted by Gasteiger charge is -2.02. The van der Waals surface area contributed by atoms with Gasteiger partial charge >= 0.3 is 5.97 Å². The summed E-state index contributed by atoms with van der Waals surface area (Å²) in [6.07, 6.45) is 1.49. The van der Waals surface area contributed by atoms with Gasteiger partial charge in [0.05, 0.1) is 7.11 Å². The molecule has 0 saturated carbocycles. The summed E-state index contributed by atoms with van der Waals surface area (Å²) in [5.41, 5.74) is 0. The number of aryl methyl sites for hydroxylation is 1. The van der Waals surface area contributed by atoms with Gasteiger partial charge in [0.1, 0.15) is 17.2 Å². The highest BCUT2D eigenvalue weighted by molar-refractivity contribution is 7.14. The van der Waals surface area contributed by atoms with E-state index in [0.717, 1.165) is 4.88 Å². The summed E-state index contributed by atoms with van der Waals surface area (Å²) in [6, 6.07) is 3.32. The zero-order valence-electron chi connectivity index (χ0n) is 10.9. The molecule has 1 amide bonds. The molecule has 0 aliphatic carbocycles. The maximum absolute atomic E-state index is 12.1. The third-order valence-corrected chi connectivity index (χ3v) is 3.46. The molecule has 8 heteroatoms. The molecule has 0 fully saturated rings. The molecule has 2 rings (SSSR count). The zero-order valence-corrected chi connectivity index (χ0v) is 11.7. The first-order valence-corrected chi connectivity index (χ1v) is 6.52. The average Bonchev–Trinajstić information content (AvgIpc) is 2.95. The number of carboxylic acid groups (broad SMARTS) is 1. The van der Waals surface area contributed by atoms with Gasteiger partial charge in [-0.15, -0.1) is 11.3 Å².